The van der Waals surface area contributed by atoms with E-state index in [0.717, 1.165) is 35.4 Å². The van der Waals surface area contributed by atoms with Crippen LogP contribution >= 0.6 is 0 Å². The fourth-order valence-corrected chi connectivity index (χ4v) is 5.74. The lowest BCUT2D eigenvalue weighted by Crippen LogP contribution is -2.46. The minimum Gasteiger partial charge on any atom is -0.388 e. The van der Waals surface area contributed by atoms with E-state index in [1.54, 1.807) is 0 Å². The molecule has 5 rings (SSSR count). The fourth-order valence-electron chi connectivity index (χ4n) is 5.74. The summed E-state index contributed by atoms with van der Waals surface area (Å²) >= 11 is 0. The van der Waals surface area contributed by atoms with E-state index in [9.17, 15) is 5.11 Å². The van der Waals surface area contributed by atoms with E-state index in [4.69, 9.17) is 0 Å². The first kappa shape index (κ1) is 12.8. The van der Waals surface area contributed by atoms with E-state index >= 15 is 0 Å². The first-order valence-corrected chi connectivity index (χ1v) is 8.22. The molecule has 0 radical (unpaired) electrons. The number of aromatic nitrogens is 1. The SMILES string of the molecule is Cc1ccc(C(O)CC23CC4CC(CC(C4)C2)C3)cn1. The van der Waals surface area contributed by atoms with Crippen molar-refractivity contribution in [3.63, 3.8) is 0 Å². The predicted molar refractivity (Wildman–Crippen MR) is 79.2 cm³/mol. The van der Waals surface area contributed by atoms with Crippen LogP contribution in [0.1, 0.15) is 62.3 Å². The van der Waals surface area contributed by atoms with E-state index < -0.39 is 0 Å². The van der Waals surface area contributed by atoms with Crippen LogP contribution in [0.2, 0.25) is 0 Å². The highest BCUT2D eigenvalue weighted by molar-refractivity contribution is 5.17. The zero-order valence-electron chi connectivity index (χ0n) is 12.4. The molecule has 108 valence electrons. The second kappa shape index (κ2) is 4.56. The van der Waals surface area contributed by atoms with Gasteiger partial charge in [0.25, 0.3) is 0 Å². The Balaban J connectivity index is 1.52. The van der Waals surface area contributed by atoms with Crippen molar-refractivity contribution >= 4 is 0 Å². The molecule has 0 aromatic carbocycles. The van der Waals surface area contributed by atoms with Gasteiger partial charge in [0.15, 0.2) is 0 Å². The summed E-state index contributed by atoms with van der Waals surface area (Å²) in [6, 6.07) is 4.06. The largest absolute Gasteiger partial charge is 0.388 e. The molecule has 1 aromatic heterocycles. The molecule has 0 aliphatic heterocycles. The molecule has 0 saturated heterocycles. The summed E-state index contributed by atoms with van der Waals surface area (Å²) in [6.07, 6.45) is 11.0. The van der Waals surface area contributed by atoms with Crippen LogP contribution in [0.4, 0.5) is 0 Å². The number of rotatable bonds is 3. The van der Waals surface area contributed by atoms with Crippen LogP contribution in [0.3, 0.4) is 0 Å². The molecule has 0 amide bonds. The Morgan fingerprint density at radius 3 is 2.25 bits per heavy atom. The van der Waals surface area contributed by atoms with Crippen molar-refractivity contribution in [3.8, 4) is 0 Å². The van der Waals surface area contributed by atoms with E-state index in [0.29, 0.717) is 5.41 Å². The van der Waals surface area contributed by atoms with Gasteiger partial charge < -0.3 is 5.11 Å². The molecule has 4 aliphatic carbocycles. The number of pyridine rings is 1. The van der Waals surface area contributed by atoms with Crippen LogP contribution in [0.25, 0.3) is 0 Å². The van der Waals surface area contributed by atoms with Gasteiger partial charge in [-0.3, -0.25) is 4.98 Å². The molecule has 20 heavy (non-hydrogen) atoms. The van der Waals surface area contributed by atoms with E-state index in [1.807, 2.05) is 25.3 Å². The zero-order valence-corrected chi connectivity index (χ0v) is 12.4. The quantitative estimate of drug-likeness (QED) is 0.900. The lowest BCUT2D eigenvalue weighted by Gasteiger charge is -2.57. The molecule has 1 aromatic rings. The number of aliphatic hydroxyl groups is 1. The molecular formula is C18H25NO. The Hall–Kier alpha value is -0.890. The highest BCUT2D eigenvalue weighted by Gasteiger charge is 2.51. The van der Waals surface area contributed by atoms with Crippen LogP contribution in [0, 0.1) is 30.1 Å². The van der Waals surface area contributed by atoms with Crippen LogP contribution in [0.5, 0.6) is 0 Å². The maximum absolute atomic E-state index is 10.6. The fraction of sp³-hybridized carbons (Fsp3) is 0.722. The van der Waals surface area contributed by atoms with Gasteiger partial charge in [-0.25, -0.2) is 0 Å². The second-order valence-electron chi connectivity index (χ2n) is 7.87. The summed E-state index contributed by atoms with van der Waals surface area (Å²) in [4.78, 5) is 4.33. The number of hydrogen-bond donors (Lipinski definition) is 1. The third-order valence-electron chi connectivity index (χ3n) is 6.11. The number of hydrogen-bond acceptors (Lipinski definition) is 2. The minimum atomic E-state index is -0.320. The van der Waals surface area contributed by atoms with Crippen LogP contribution in [-0.2, 0) is 0 Å². The summed E-state index contributed by atoms with van der Waals surface area (Å²) < 4.78 is 0. The summed E-state index contributed by atoms with van der Waals surface area (Å²) in [7, 11) is 0. The molecule has 0 spiro atoms. The van der Waals surface area contributed by atoms with Gasteiger partial charge in [0.05, 0.1) is 6.10 Å². The minimum absolute atomic E-state index is 0.320. The third-order valence-corrected chi connectivity index (χ3v) is 6.11. The van der Waals surface area contributed by atoms with Crippen molar-refractivity contribution in [3.05, 3.63) is 29.6 Å². The lowest BCUT2D eigenvalue weighted by atomic mass is 9.48. The average Bonchev–Trinajstić information content (AvgIpc) is 2.37. The van der Waals surface area contributed by atoms with Crippen molar-refractivity contribution < 1.29 is 5.11 Å². The topological polar surface area (TPSA) is 33.1 Å². The molecule has 1 N–H and O–H groups in total. The molecular weight excluding hydrogens is 246 g/mol. The summed E-state index contributed by atoms with van der Waals surface area (Å²) in [6.45, 7) is 2.00. The van der Waals surface area contributed by atoms with Gasteiger partial charge >= 0.3 is 0 Å². The van der Waals surface area contributed by atoms with Crippen LogP contribution < -0.4 is 0 Å². The Labute approximate surface area is 121 Å². The Morgan fingerprint density at radius 1 is 1.15 bits per heavy atom. The highest BCUT2D eigenvalue weighted by atomic mass is 16.3. The third kappa shape index (κ3) is 2.18. The van der Waals surface area contributed by atoms with Gasteiger partial charge in [-0.1, -0.05) is 6.07 Å². The van der Waals surface area contributed by atoms with Crippen molar-refractivity contribution in [2.75, 3.05) is 0 Å². The molecule has 1 heterocycles. The smallest absolute Gasteiger partial charge is 0.0810 e. The first-order chi connectivity index (χ1) is 9.62. The van der Waals surface area contributed by atoms with Gasteiger partial charge in [0, 0.05) is 11.9 Å². The normalized spacial score (nSPS) is 40.0. The van der Waals surface area contributed by atoms with Gasteiger partial charge in [0.1, 0.15) is 0 Å². The van der Waals surface area contributed by atoms with Crippen LogP contribution in [0.15, 0.2) is 18.3 Å². The van der Waals surface area contributed by atoms with Gasteiger partial charge in [-0.2, -0.15) is 0 Å². The maximum atomic E-state index is 10.6. The van der Waals surface area contributed by atoms with Crippen molar-refractivity contribution in [1.29, 1.82) is 0 Å². The van der Waals surface area contributed by atoms with E-state index in [1.165, 1.54) is 38.5 Å². The zero-order chi connectivity index (χ0) is 13.7. The number of aryl methyl sites for hydroxylation is 1. The molecule has 4 saturated carbocycles. The molecule has 1 atom stereocenters. The lowest BCUT2D eigenvalue weighted by molar-refractivity contribution is -0.0764. The van der Waals surface area contributed by atoms with Crippen molar-refractivity contribution in [2.24, 2.45) is 23.2 Å². The monoisotopic (exact) mass is 271 g/mol. The maximum Gasteiger partial charge on any atom is 0.0810 e. The van der Waals surface area contributed by atoms with Gasteiger partial charge in [0.2, 0.25) is 0 Å². The van der Waals surface area contributed by atoms with Gasteiger partial charge in [-0.05, 0) is 86.7 Å². The van der Waals surface area contributed by atoms with Crippen molar-refractivity contribution in [1.82, 2.24) is 4.98 Å². The molecule has 2 heteroatoms. The Kier molecular flexibility index (Phi) is 2.92. The average molecular weight is 271 g/mol. The molecule has 4 bridgehead atoms. The Bertz CT molecular complexity index is 457. The van der Waals surface area contributed by atoms with Crippen LogP contribution in [-0.4, -0.2) is 10.1 Å². The predicted octanol–water partition coefficient (Wildman–Crippen LogP) is 4.03. The summed E-state index contributed by atoms with van der Waals surface area (Å²) in [5, 5.41) is 10.6. The Morgan fingerprint density at radius 2 is 1.75 bits per heavy atom. The number of aliphatic hydroxyl groups excluding tert-OH is 1. The molecule has 2 nitrogen and oxygen atoms in total. The first-order valence-electron chi connectivity index (χ1n) is 8.22. The molecule has 4 aliphatic rings. The second-order valence-corrected chi connectivity index (χ2v) is 7.87. The standard InChI is InChI=1S/C18H25NO/c1-12-2-3-16(11-19-12)17(20)10-18-7-13-4-14(8-18)6-15(5-13)9-18/h2-3,11,13-15,17,20H,4-10H2,1H3. The molecule has 4 fully saturated rings. The van der Waals surface area contributed by atoms with E-state index in [2.05, 4.69) is 4.98 Å². The van der Waals surface area contributed by atoms with E-state index in [-0.39, 0.29) is 6.10 Å². The van der Waals surface area contributed by atoms with Crippen molar-refractivity contribution in [2.45, 2.75) is 58.0 Å². The number of nitrogens with zero attached hydrogens (tertiary/aromatic N) is 1. The van der Waals surface area contributed by atoms with Gasteiger partial charge in [-0.15, -0.1) is 0 Å². The summed E-state index contributed by atoms with van der Waals surface area (Å²) in [5.74, 6) is 2.89. The highest BCUT2D eigenvalue weighted by Crippen LogP contribution is 2.62. The summed E-state index contributed by atoms with van der Waals surface area (Å²) in [5.41, 5.74) is 2.47. The molecule has 1 unspecified atom stereocenters.